The van der Waals surface area contributed by atoms with Gasteiger partial charge in [0.15, 0.2) is 0 Å². The molecule has 1 amide bonds. The summed E-state index contributed by atoms with van der Waals surface area (Å²) in [7, 11) is 3.10. The number of amides is 1. The zero-order chi connectivity index (χ0) is 11.5. The number of hydrogen-bond donors (Lipinski definition) is 1. The number of nitrogens with one attached hydrogen (secondary N) is 1. The molecular formula is C11H13NO4. The highest BCUT2D eigenvalue weighted by Gasteiger charge is 2.27. The van der Waals surface area contributed by atoms with E-state index in [0.29, 0.717) is 17.2 Å². The van der Waals surface area contributed by atoms with Crippen molar-refractivity contribution in [3.63, 3.8) is 0 Å². The minimum Gasteiger partial charge on any atom is -0.497 e. The Morgan fingerprint density at radius 1 is 1.44 bits per heavy atom. The van der Waals surface area contributed by atoms with Gasteiger partial charge in [-0.05, 0) is 12.1 Å². The molecule has 0 aromatic heterocycles. The van der Waals surface area contributed by atoms with Gasteiger partial charge in [0.1, 0.15) is 11.5 Å². The molecule has 2 rings (SSSR count). The summed E-state index contributed by atoms with van der Waals surface area (Å²) in [4.78, 5) is 11.6. The van der Waals surface area contributed by atoms with Crippen LogP contribution in [0.2, 0.25) is 0 Å². The first-order valence-electron chi connectivity index (χ1n) is 4.89. The van der Waals surface area contributed by atoms with Gasteiger partial charge in [-0.1, -0.05) is 0 Å². The molecule has 5 nitrogen and oxygen atoms in total. The second-order valence-electron chi connectivity index (χ2n) is 3.41. The average molecular weight is 223 g/mol. The smallest absolute Gasteiger partial charge is 0.267 e. The number of hydrogen-bond acceptors (Lipinski definition) is 4. The lowest BCUT2D eigenvalue weighted by Gasteiger charge is -2.25. The van der Waals surface area contributed by atoms with Crippen LogP contribution in [-0.2, 0) is 9.53 Å². The summed E-state index contributed by atoms with van der Waals surface area (Å²) in [5.74, 6) is 1.10. The number of methoxy groups -OCH3 is 2. The highest BCUT2D eigenvalue weighted by atomic mass is 16.5. The van der Waals surface area contributed by atoms with E-state index in [2.05, 4.69) is 5.32 Å². The lowest BCUT2D eigenvalue weighted by Crippen LogP contribution is -2.40. The second-order valence-corrected chi connectivity index (χ2v) is 3.41. The molecule has 1 atom stereocenters. The number of carbonyl (C=O) groups excluding carboxylic acids is 1. The van der Waals surface area contributed by atoms with Gasteiger partial charge in [0.05, 0.1) is 19.4 Å². The lowest BCUT2D eigenvalue weighted by molar-refractivity contribution is -0.125. The van der Waals surface area contributed by atoms with Crippen LogP contribution in [0.25, 0.3) is 0 Å². The molecular weight excluding hydrogens is 210 g/mol. The van der Waals surface area contributed by atoms with E-state index in [-0.39, 0.29) is 12.5 Å². The van der Waals surface area contributed by atoms with Crippen molar-refractivity contribution in [3.8, 4) is 11.5 Å². The van der Waals surface area contributed by atoms with Gasteiger partial charge >= 0.3 is 0 Å². The Morgan fingerprint density at radius 2 is 2.25 bits per heavy atom. The Hall–Kier alpha value is -1.75. The molecule has 1 aliphatic heterocycles. The van der Waals surface area contributed by atoms with Crippen molar-refractivity contribution in [2.75, 3.05) is 26.1 Å². The van der Waals surface area contributed by atoms with Crippen molar-refractivity contribution in [2.45, 2.75) is 6.10 Å². The predicted molar refractivity (Wildman–Crippen MR) is 57.9 cm³/mol. The Balaban J connectivity index is 2.24. The van der Waals surface area contributed by atoms with Gasteiger partial charge in [0.2, 0.25) is 6.10 Å². The molecule has 1 unspecified atom stereocenters. The number of rotatable bonds is 3. The number of fused-ring (bicyclic) bond motifs is 1. The highest BCUT2D eigenvalue weighted by molar-refractivity contribution is 5.98. The first-order valence-corrected chi connectivity index (χ1v) is 4.89. The maximum Gasteiger partial charge on any atom is 0.267 e. The molecule has 0 saturated carbocycles. The molecule has 1 aliphatic rings. The molecule has 1 aromatic rings. The number of ether oxygens (including phenoxy) is 3. The van der Waals surface area contributed by atoms with Gasteiger partial charge in [0.25, 0.3) is 5.91 Å². The molecule has 0 radical (unpaired) electrons. The van der Waals surface area contributed by atoms with E-state index in [1.54, 1.807) is 25.3 Å². The largest absolute Gasteiger partial charge is 0.497 e. The Bertz CT molecular complexity index is 405. The van der Waals surface area contributed by atoms with E-state index in [0.717, 1.165) is 0 Å². The van der Waals surface area contributed by atoms with Crippen LogP contribution in [0.1, 0.15) is 0 Å². The second kappa shape index (κ2) is 4.40. The van der Waals surface area contributed by atoms with Crippen molar-refractivity contribution >= 4 is 11.6 Å². The van der Waals surface area contributed by atoms with Crippen LogP contribution < -0.4 is 14.8 Å². The molecule has 1 heterocycles. The Kier molecular flexibility index (Phi) is 2.96. The summed E-state index contributed by atoms with van der Waals surface area (Å²) in [5, 5.41) is 2.75. The summed E-state index contributed by atoms with van der Waals surface area (Å²) in [6, 6.07) is 5.26. The number of carbonyl (C=O) groups is 1. The molecule has 0 saturated heterocycles. The quantitative estimate of drug-likeness (QED) is 0.831. The average Bonchev–Trinajstić information content (AvgIpc) is 2.30. The first-order chi connectivity index (χ1) is 7.74. The van der Waals surface area contributed by atoms with Crippen LogP contribution in [0, 0.1) is 0 Å². The third kappa shape index (κ3) is 1.94. The van der Waals surface area contributed by atoms with Crippen LogP contribution in [0.5, 0.6) is 11.5 Å². The predicted octanol–water partition coefficient (Wildman–Crippen LogP) is 1.04. The molecule has 0 bridgehead atoms. The van der Waals surface area contributed by atoms with E-state index in [1.165, 1.54) is 7.11 Å². The van der Waals surface area contributed by atoms with Crippen molar-refractivity contribution in [3.05, 3.63) is 18.2 Å². The first kappa shape index (κ1) is 10.8. The van der Waals surface area contributed by atoms with E-state index in [1.807, 2.05) is 0 Å². The van der Waals surface area contributed by atoms with Gasteiger partial charge in [-0.3, -0.25) is 4.79 Å². The van der Waals surface area contributed by atoms with Gasteiger partial charge < -0.3 is 19.5 Å². The molecule has 1 aromatic carbocycles. The lowest BCUT2D eigenvalue weighted by atomic mass is 10.2. The molecule has 0 fully saturated rings. The van der Waals surface area contributed by atoms with Crippen LogP contribution in [0.4, 0.5) is 5.69 Å². The number of anilines is 1. The zero-order valence-electron chi connectivity index (χ0n) is 9.15. The minimum absolute atomic E-state index is 0.206. The van der Waals surface area contributed by atoms with Crippen molar-refractivity contribution in [2.24, 2.45) is 0 Å². The van der Waals surface area contributed by atoms with Crippen molar-refractivity contribution < 1.29 is 19.0 Å². The monoisotopic (exact) mass is 223 g/mol. The maximum atomic E-state index is 11.6. The third-order valence-corrected chi connectivity index (χ3v) is 2.32. The summed E-state index contributed by atoms with van der Waals surface area (Å²) in [6.07, 6.45) is -0.592. The fraction of sp³-hybridized carbons (Fsp3) is 0.364. The van der Waals surface area contributed by atoms with Gasteiger partial charge in [-0.15, -0.1) is 0 Å². The van der Waals surface area contributed by atoms with Crippen molar-refractivity contribution in [1.29, 1.82) is 0 Å². The molecule has 16 heavy (non-hydrogen) atoms. The summed E-state index contributed by atoms with van der Waals surface area (Å²) >= 11 is 0. The van der Waals surface area contributed by atoms with Crippen LogP contribution in [0.3, 0.4) is 0 Å². The third-order valence-electron chi connectivity index (χ3n) is 2.32. The van der Waals surface area contributed by atoms with E-state index >= 15 is 0 Å². The number of benzene rings is 1. The molecule has 86 valence electrons. The van der Waals surface area contributed by atoms with Crippen LogP contribution >= 0.6 is 0 Å². The molecule has 0 aliphatic carbocycles. The fourth-order valence-corrected chi connectivity index (χ4v) is 1.52. The van der Waals surface area contributed by atoms with E-state index in [4.69, 9.17) is 14.2 Å². The van der Waals surface area contributed by atoms with Crippen LogP contribution in [-0.4, -0.2) is 32.8 Å². The topological polar surface area (TPSA) is 56.8 Å². The van der Waals surface area contributed by atoms with E-state index < -0.39 is 6.10 Å². The summed E-state index contributed by atoms with van der Waals surface area (Å²) < 4.78 is 15.5. The summed E-state index contributed by atoms with van der Waals surface area (Å²) in [5.41, 5.74) is 0.622. The summed E-state index contributed by atoms with van der Waals surface area (Å²) in [6.45, 7) is 0.233. The standard InChI is InChI=1S/C11H13NO4/c1-14-6-10-11(13)12-8-5-7(15-2)3-4-9(8)16-10/h3-5,10H,6H2,1-2H3,(H,12,13). The van der Waals surface area contributed by atoms with Gasteiger partial charge in [0, 0.05) is 13.2 Å². The Morgan fingerprint density at radius 3 is 2.94 bits per heavy atom. The van der Waals surface area contributed by atoms with Crippen molar-refractivity contribution in [1.82, 2.24) is 0 Å². The fourth-order valence-electron chi connectivity index (χ4n) is 1.52. The molecule has 5 heteroatoms. The normalized spacial score (nSPS) is 18.4. The van der Waals surface area contributed by atoms with Gasteiger partial charge in [-0.25, -0.2) is 0 Å². The SMILES string of the molecule is COCC1Oc2ccc(OC)cc2NC1=O. The zero-order valence-corrected chi connectivity index (χ0v) is 9.15. The maximum absolute atomic E-state index is 11.6. The molecule has 1 N–H and O–H groups in total. The van der Waals surface area contributed by atoms with Crippen LogP contribution in [0.15, 0.2) is 18.2 Å². The minimum atomic E-state index is -0.592. The van der Waals surface area contributed by atoms with E-state index in [9.17, 15) is 4.79 Å². The Labute approximate surface area is 93.3 Å². The van der Waals surface area contributed by atoms with Gasteiger partial charge in [-0.2, -0.15) is 0 Å². The molecule has 0 spiro atoms. The highest BCUT2D eigenvalue weighted by Crippen LogP contribution is 2.32.